The summed E-state index contributed by atoms with van der Waals surface area (Å²) in [4.78, 5) is 10.7. The van der Waals surface area contributed by atoms with E-state index >= 15 is 0 Å². The summed E-state index contributed by atoms with van der Waals surface area (Å²) in [5.41, 5.74) is 12.4. The van der Waals surface area contributed by atoms with Gasteiger partial charge in [-0.2, -0.15) is 4.99 Å². The van der Waals surface area contributed by atoms with Gasteiger partial charge >= 0.3 is 0 Å². The van der Waals surface area contributed by atoms with Crippen molar-refractivity contribution in [1.29, 1.82) is 0 Å². The lowest BCUT2D eigenvalue weighted by atomic mass is 9.87. The molecule has 0 radical (unpaired) electrons. The van der Waals surface area contributed by atoms with Gasteiger partial charge in [0.05, 0.1) is 12.8 Å². The van der Waals surface area contributed by atoms with Crippen LogP contribution < -0.4 is 21.1 Å². The molecule has 2 aliphatic rings. The van der Waals surface area contributed by atoms with Crippen LogP contribution >= 0.6 is 11.6 Å². The van der Waals surface area contributed by atoms with Gasteiger partial charge in [-0.25, -0.2) is 4.99 Å². The molecule has 0 bridgehead atoms. The Morgan fingerprint density at radius 2 is 1.95 bits per heavy atom. The molecule has 4 N–H and O–H groups in total. The first-order valence-corrected chi connectivity index (χ1v) is 7.77. The maximum Gasteiger partial charge on any atom is 0.220 e. The van der Waals surface area contributed by atoms with Gasteiger partial charge in [0.15, 0.2) is 0 Å². The van der Waals surface area contributed by atoms with Gasteiger partial charge in [-0.1, -0.05) is 18.0 Å². The van der Waals surface area contributed by atoms with Gasteiger partial charge < -0.3 is 16.2 Å². The Balaban J connectivity index is 2.12. The standard InChI is InChI=1S/C15H20ClN5O/c1-22-12-9-10(16)5-6-11(12)21-14(18)19-13(17)20-15(21)7-3-2-4-8-15/h5-6,9H,2-4,7-8H2,1H3,(H4,17,18,19,20). The van der Waals surface area contributed by atoms with E-state index in [4.69, 9.17) is 27.8 Å². The Kier molecular flexibility index (Phi) is 3.87. The normalized spacial score (nSPS) is 20.5. The van der Waals surface area contributed by atoms with E-state index in [1.165, 1.54) is 6.42 Å². The third-order valence-electron chi connectivity index (χ3n) is 4.23. The Morgan fingerprint density at radius 3 is 2.64 bits per heavy atom. The minimum Gasteiger partial charge on any atom is -0.495 e. The molecule has 3 rings (SSSR count). The van der Waals surface area contributed by atoms with Gasteiger partial charge in [0.1, 0.15) is 11.4 Å². The van der Waals surface area contributed by atoms with E-state index in [0.717, 1.165) is 31.4 Å². The first-order valence-electron chi connectivity index (χ1n) is 7.39. The quantitative estimate of drug-likeness (QED) is 0.875. The van der Waals surface area contributed by atoms with Gasteiger partial charge in [-0.3, -0.25) is 4.90 Å². The number of hydrogen-bond donors (Lipinski definition) is 2. The van der Waals surface area contributed by atoms with Crippen LogP contribution in [0, 0.1) is 0 Å². The molecule has 1 aromatic rings. The van der Waals surface area contributed by atoms with Crippen LogP contribution in [0.5, 0.6) is 5.75 Å². The molecular weight excluding hydrogens is 302 g/mol. The lowest BCUT2D eigenvalue weighted by Gasteiger charge is -2.45. The summed E-state index contributed by atoms with van der Waals surface area (Å²) in [6.07, 6.45) is 5.12. The van der Waals surface area contributed by atoms with Crippen LogP contribution in [-0.4, -0.2) is 24.7 Å². The van der Waals surface area contributed by atoms with E-state index in [9.17, 15) is 0 Å². The monoisotopic (exact) mass is 321 g/mol. The SMILES string of the molecule is COc1cc(Cl)ccc1N1C(N)=NC(N)=NC12CCCCC2. The molecule has 1 aliphatic heterocycles. The largest absolute Gasteiger partial charge is 0.495 e. The Morgan fingerprint density at radius 1 is 1.23 bits per heavy atom. The zero-order valence-electron chi connectivity index (χ0n) is 12.6. The van der Waals surface area contributed by atoms with Crippen LogP contribution in [0.3, 0.4) is 0 Å². The number of methoxy groups -OCH3 is 1. The summed E-state index contributed by atoms with van der Waals surface area (Å²) in [7, 11) is 1.61. The summed E-state index contributed by atoms with van der Waals surface area (Å²) in [5.74, 6) is 1.23. The van der Waals surface area contributed by atoms with Crippen LogP contribution in [0.15, 0.2) is 28.2 Å². The van der Waals surface area contributed by atoms with E-state index < -0.39 is 5.66 Å². The minimum atomic E-state index is -0.477. The second-order valence-corrected chi connectivity index (χ2v) is 6.07. The zero-order chi connectivity index (χ0) is 15.7. The van der Waals surface area contributed by atoms with E-state index in [0.29, 0.717) is 16.7 Å². The second-order valence-electron chi connectivity index (χ2n) is 5.63. The predicted octanol–water partition coefficient (Wildman–Crippen LogP) is 2.46. The fourth-order valence-electron chi connectivity index (χ4n) is 3.31. The highest BCUT2D eigenvalue weighted by Gasteiger charge is 2.43. The molecule has 0 saturated heterocycles. The fourth-order valence-corrected chi connectivity index (χ4v) is 3.47. The lowest BCUT2D eigenvalue weighted by molar-refractivity contribution is 0.303. The summed E-state index contributed by atoms with van der Waals surface area (Å²) in [6, 6.07) is 5.46. The predicted molar refractivity (Wildman–Crippen MR) is 89.5 cm³/mol. The molecule has 0 amide bonds. The van der Waals surface area contributed by atoms with Gasteiger partial charge in [0, 0.05) is 11.1 Å². The molecule has 0 unspecified atom stereocenters. The van der Waals surface area contributed by atoms with Crippen molar-refractivity contribution < 1.29 is 4.74 Å². The minimum absolute atomic E-state index is 0.239. The topological polar surface area (TPSA) is 89.2 Å². The van der Waals surface area contributed by atoms with Crippen LogP contribution in [0.25, 0.3) is 0 Å². The number of ether oxygens (including phenoxy) is 1. The molecule has 1 saturated carbocycles. The maximum atomic E-state index is 6.20. The number of halogens is 1. The van der Waals surface area contributed by atoms with Crippen molar-refractivity contribution in [1.82, 2.24) is 0 Å². The molecule has 0 atom stereocenters. The van der Waals surface area contributed by atoms with Gasteiger partial charge in [0.2, 0.25) is 11.9 Å². The van der Waals surface area contributed by atoms with Crippen molar-refractivity contribution in [2.75, 3.05) is 12.0 Å². The first kappa shape index (κ1) is 15.0. The van der Waals surface area contributed by atoms with Crippen LogP contribution in [-0.2, 0) is 0 Å². The number of guanidine groups is 2. The van der Waals surface area contributed by atoms with E-state index in [-0.39, 0.29) is 5.96 Å². The van der Waals surface area contributed by atoms with Crippen molar-refractivity contribution in [3.05, 3.63) is 23.2 Å². The molecule has 0 aromatic heterocycles. The molecule has 1 aromatic carbocycles. The molecular formula is C15H20ClN5O. The molecule has 1 aliphatic carbocycles. The van der Waals surface area contributed by atoms with E-state index in [1.54, 1.807) is 13.2 Å². The number of rotatable bonds is 2. The average molecular weight is 322 g/mol. The number of aliphatic imine (C=N–C) groups is 2. The molecule has 1 heterocycles. The van der Waals surface area contributed by atoms with Crippen LogP contribution in [0.1, 0.15) is 32.1 Å². The summed E-state index contributed by atoms with van der Waals surface area (Å²) in [6.45, 7) is 0. The van der Waals surface area contributed by atoms with E-state index in [1.807, 2.05) is 17.0 Å². The molecule has 1 fully saturated rings. The van der Waals surface area contributed by atoms with Gasteiger partial charge in [-0.05, 0) is 37.8 Å². The Bertz CT molecular complexity index is 637. The highest BCUT2D eigenvalue weighted by molar-refractivity contribution is 6.30. The number of benzene rings is 1. The highest BCUT2D eigenvalue weighted by atomic mass is 35.5. The zero-order valence-corrected chi connectivity index (χ0v) is 13.3. The first-order chi connectivity index (χ1) is 10.6. The molecule has 118 valence electrons. The summed E-state index contributed by atoms with van der Waals surface area (Å²) < 4.78 is 5.47. The van der Waals surface area contributed by atoms with Crippen LogP contribution in [0.4, 0.5) is 5.69 Å². The average Bonchev–Trinajstić information content (AvgIpc) is 2.48. The molecule has 1 spiro atoms. The van der Waals surface area contributed by atoms with Crippen molar-refractivity contribution in [2.24, 2.45) is 21.5 Å². The molecule has 22 heavy (non-hydrogen) atoms. The number of nitrogens with two attached hydrogens (primary N) is 2. The van der Waals surface area contributed by atoms with Crippen molar-refractivity contribution in [2.45, 2.75) is 37.8 Å². The number of hydrogen-bond acceptors (Lipinski definition) is 6. The Labute approximate surface area is 134 Å². The van der Waals surface area contributed by atoms with Crippen LogP contribution in [0.2, 0.25) is 5.02 Å². The van der Waals surface area contributed by atoms with E-state index in [2.05, 4.69) is 9.98 Å². The number of nitrogens with zero attached hydrogens (tertiary/aromatic N) is 3. The third kappa shape index (κ3) is 2.47. The molecule has 7 heteroatoms. The highest BCUT2D eigenvalue weighted by Crippen LogP contribution is 2.43. The number of anilines is 1. The van der Waals surface area contributed by atoms with Crippen molar-refractivity contribution in [3.63, 3.8) is 0 Å². The smallest absolute Gasteiger partial charge is 0.220 e. The third-order valence-corrected chi connectivity index (χ3v) is 4.47. The van der Waals surface area contributed by atoms with Crippen molar-refractivity contribution in [3.8, 4) is 5.75 Å². The maximum absolute atomic E-state index is 6.20. The lowest BCUT2D eigenvalue weighted by Crippen LogP contribution is -2.58. The Hall–Kier alpha value is -1.95. The fraction of sp³-hybridized carbons (Fsp3) is 0.467. The second kappa shape index (κ2) is 5.68. The van der Waals surface area contributed by atoms with Gasteiger partial charge in [-0.15, -0.1) is 0 Å². The summed E-state index contributed by atoms with van der Waals surface area (Å²) in [5, 5.41) is 0.605. The van der Waals surface area contributed by atoms with Gasteiger partial charge in [0.25, 0.3) is 0 Å². The molecule has 6 nitrogen and oxygen atoms in total. The summed E-state index contributed by atoms with van der Waals surface area (Å²) >= 11 is 6.06. The van der Waals surface area contributed by atoms with Crippen molar-refractivity contribution >= 4 is 29.2 Å².